The maximum atomic E-state index is 5.92. The zero-order valence-electron chi connectivity index (χ0n) is 11.3. The Morgan fingerprint density at radius 1 is 1.31 bits per heavy atom. The Labute approximate surface area is 101 Å². The molecule has 1 heterocycles. The molecule has 1 aliphatic rings. The molecular weight excluding hydrogens is 198 g/mol. The van der Waals surface area contributed by atoms with Crippen LogP contribution in [-0.4, -0.2) is 55.1 Å². The third-order valence-electron chi connectivity index (χ3n) is 4.10. The first kappa shape index (κ1) is 13.9. The molecule has 16 heavy (non-hydrogen) atoms. The van der Waals surface area contributed by atoms with Crippen molar-refractivity contribution in [3.8, 4) is 0 Å². The van der Waals surface area contributed by atoms with Crippen molar-refractivity contribution in [1.29, 1.82) is 0 Å². The molecule has 0 radical (unpaired) electrons. The highest BCUT2D eigenvalue weighted by Crippen LogP contribution is 2.18. The highest BCUT2D eigenvalue weighted by atomic mass is 15.2. The van der Waals surface area contributed by atoms with Crippen molar-refractivity contribution < 1.29 is 0 Å². The first-order valence-electron chi connectivity index (χ1n) is 6.76. The zero-order chi connectivity index (χ0) is 12.0. The molecule has 1 unspecified atom stereocenters. The molecule has 0 bridgehead atoms. The molecule has 0 spiro atoms. The van der Waals surface area contributed by atoms with Crippen LogP contribution in [0.3, 0.4) is 0 Å². The second-order valence-electron chi connectivity index (χ2n) is 5.42. The summed E-state index contributed by atoms with van der Waals surface area (Å²) in [6.45, 7) is 10.2. The van der Waals surface area contributed by atoms with Gasteiger partial charge in [0.1, 0.15) is 0 Å². The van der Waals surface area contributed by atoms with E-state index in [0.29, 0.717) is 0 Å². The van der Waals surface area contributed by atoms with Crippen LogP contribution in [0.25, 0.3) is 0 Å². The topological polar surface area (TPSA) is 32.5 Å². The Hall–Kier alpha value is -0.120. The highest BCUT2D eigenvalue weighted by molar-refractivity contribution is 4.85. The summed E-state index contributed by atoms with van der Waals surface area (Å²) in [4.78, 5) is 5.02. The van der Waals surface area contributed by atoms with Crippen molar-refractivity contribution in [1.82, 2.24) is 9.80 Å². The molecule has 1 fully saturated rings. The molecule has 0 aromatic heterocycles. The Bertz CT molecular complexity index is 190. The molecule has 96 valence electrons. The van der Waals surface area contributed by atoms with Gasteiger partial charge in [-0.05, 0) is 46.3 Å². The van der Waals surface area contributed by atoms with Gasteiger partial charge in [0.2, 0.25) is 0 Å². The van der Waals surface area contributed by atoms with Gasteiger partial charge in [-0.2, -0.15) is 0 Å². The van der Waals surface area contributed by atoms with Crippen LogP contribution >= 0.6 is 0 Å². The number of likely N-dealkylation sites (tertiary alicyclic amines) is 1. The molecule has 0 aromatic rings. The number of likely N-dealkylation sites (N-methyl/N-ethyl adjacent to an activating group) is 1. The van der Waals surface area contributed by atoms with Gasteiger partial charge in [-0.15, -0.1) is 0 Å². The van der Waals surface area contributed by atoms with Crippen molar-refractivity contribution in [3.05, 3.63) is 0 Å². The lowest BCUT2D eigenvalue weighted by molar-refractivity contribution is 0.118. The first-order valence-corrected chi connectivity index (χ1v) is 6.76. The second-order valence-corrected chi connectivity index (χ2v) is 5.42. The molecule has 3 nitrogen and oxygen atoms in total. The number of nitrogens with two attached hydrogens (primary N) is 1. The van der Waals surface area contributed by atoms with Crippen LogP contribution in [0.1, 0.15) is 39.5 Å². The molecular formula is C13H29N3. The minimum Gasteiger partial charge on any atom is -0.329 e. The predicted molar refractivity (Wildman–Crippen MR) is 70.7 cm³/mol. The van der Waals surface area contributed by atoms with Gasteiger partial charge in [0.05, 0.1) is 0 Å². The van der Waals surface area contributed by atoms with Crippen molar-refractivity contribution in [2.75, 3.05) is 39.8 Å². The Morgan fingerprint density at radius 2 is 1.94 bits per heavy atom. The summed E-state index contributed by atoms with van der Waals surface area (Å²) in [5, 5.41) is 0. The Balaban J connectivity index is 2.33. The largest absolute Gasteiger partial charge is 0.329 e. The Morgan fingerprint density at radius 3 is 2.44 bits per heavy atom. The van der Waals surface area contributed by atoms with E-state index in [9.17, 15) is 0 Å². The lowest BCUT2D eigenvalue weighted by Crippen LogP contribution is -2.51. The average molecular weight is 227 g/mol. The fraction of sp³-hybridized carbons (Fsp3) is 1.00. The SMILES string of the molecule is CCCC(C)(CN)N(C)CCN1CCCC1. The third kappa shape index (κ3) is 3.72. The van der Waals surface area contributed by atoms with Crippen molar-refractivity contribution in [2.24, 2.45) is 5.73 Å². The average Bonchev–Trinajstić information content (AvgIpc) is 2.78. The molecule has 0 amide bonds. The Kier molecular flexibility index (Phi) is 5.73. The van der Waals surface area contributed by atoms with Crippen molar-refractivity contribution in [2.45, 2.75) is 45.1 Å². The zero-order valence-corrected chi connectivity index (χ0v) is 11.3. The molecule has 0 aliphatic carbocycles. The smallest absolute Gasteiger partial charge is 0.0301 e. The summed E-state index contributed by atoms with van der Waals surface area (Å²) in [5.41, 5.74) is 6.11. The summed E-state index contributed by atoms with van der Waals surface area (Å²) in [5.74, 6) is 0. The monoisotopic (exact) mass is 227 g/mol. The molecule has 1 saturated heterocycles. The van der Waals surface area contributed by atoms with Gasteiger partial charge < -0.3 is 10.6 Å². The van der Waals surface area contributed by atoms with Crippen LogP contribution < -0.4 is 5.73 Å². The van der Waals surface area contributed by atoms with Gasteiger partial charge in [-0.1, -0.05) is 13.3 Å². The van der Waals surface area contributed by atoms with Gasteiger partial charge in [-0.25, -0.2) is 0 Å². The van der Waals surface area contributed by atoms with E-state index in [4.69, 9.17) is 5.73 Å². The van der Waals surface area contributed by atoms with Gasteiger partial charge >= 0.3 is 0 Å². The number of nitrogens with zero attached hydrogens (tertiary/aromatic N) is 2. The molecule has 0 aromatic carbocycles. The van der Waals surface area contributed by atoms with Gasteiger partial charge in [0.25, 0.3) is 0 Å². The second kappa shape index (κ2) is 6.58. The first-order chi connectivity index (χ1) is 7.62. The third-order valence-corrected chi connectivity index (χ3v) is 4.10. The maximum absolute atomic E-state index is 5.92. The standard InChI is InChI=1S/C13H29N3/c1-4-7-13(2,12-14)15(3)10-11-16-8-5-6-9-16/h4-12,14H2,1-3H3. The van der Waals surface area contributed by atoms with E-state index in [1.165, 1.54) is 45.3 Å². The lowest BCUT2D eigenvalue weighted by atomic mass is 9.94. The number of hydrogen-bond donors (Lipinski definition) is 1. The summed E-state index contributed by atoms with van der Waals surface area (Å²) in [6, 6.07) is 0. The molecule has 1 aliphatic heterocycles. The van der Waals surface area contributed by atoms with Gasteiger partial charge in [0, 0.05) is 25.2 Å². The molecule has 0 saturated carbocycles. The number of rotatable bonds is 7. The predicted octanol–water partition coefficient (Wildman–Crippen LogP) is 1.53. The van der Waals surface area contributed by atoms with E-state index >= 15 is 0 Å². The quantitative estimate of drug-likeness (QED) is 0.716. The van der Waals surface area contributed by atoms with Crippen LogP contribution in [0.4, 0.5) is 0 Å². The summed E-state index contributed by atoms with van der Waals surface area (Å²) in [6.07, 6.45) is 5.17. The van der Waals surface area contributed by atoms with Gasteiger partial charge in [-0.3, -0.25) is 4.90 Å². The van der Waals surface area contributed by atoms with Crippen LogP contribution in [0.5, 0.6) is 0 Å². The van der Waals surface area contributed by atoms with Crippen molar-refractivity contribution >= 4 is 0 Å². The molecule has 1 rings (SSSR count). The molecule has 2 N–H and O–H groups in total. The fourth-order valence-corrected chi connectivity index (χ4v) is 2.55. The van der Waals surface area contributed by atoms with E-state index in [-0.39, 0.29) is 5.54 Å². The van der Waals surface area contributed by atoms with Crippen LogP contribution in [0, 0.1) is 0 Å². The van der Waals surface area contributed by atoms with E-state index in [1.807, 2.05) is 0 Å². The van der Waals surface area contributed by atoms with Crippen LogP contribution in [0.2, 0.25) is 0 Å². The number of hydrogen-bond acceptors (Lipinski definition) is 3. The summed E-state index contributed by atoms with van der Waals surface area (Å²) in [7, 11) is 2.22. The molecule has 1 atom stereocenters. The van der Waals surface area contributed by atoms with E-state index in [2.05, 4.69) is 30.7 Å². The normalized spacial score (nSPS) is 21.6. The molecule has 3 heteroatoms. The van der Waals surface area contributed by atoms with Gasteiger partial charge in [0.15, 0.2) is 0 Å². The highest BCUT2D eigenvalue weighted by Gasteiger charge is 2.26. The minimum absolute atomic E-state index is 0.189. The van der Waals surface area contributed by atoms with E-state index < -0.39 is 0 Å². The lowest BCUT2D eigenvalue weighted by Gasteiger charge is -2.38. The fourth-order valence-electron chi connectivity index (χ4n) is 2.55. The van der Waals surface area contributed by atoms with E-state index in [1.54, 1.807) is 0 Å². The van der Waals surface area contributed by atoms with E-state index in [0.717, 1.165) is 13.1 Å². The van der Waals surface area contributed by atoms with Crippen LogP contribution in [-0.2, 0) is 0 Å². The van der Waals surface area contributed by atoms with Crippen LogP contribution in [0.15, 0.2) is 0 Å². The summed E-state index contributed by atoms with van der Waals surface area (Å²) >= 11 is 0. The maximum Gasteiger partial charge on any atom is 0.0301 e. The van der Waals surface area contributed by atoms with Crippen molar-refractivity contribution in [3.63, 3.8) is 0 Å². The minimum atomic E-state index is 0.189. The summed E-state index contributed by atoms with van der Waals surface area (Å²) < 4.78 is 0.